The van der Waals surface area contributed by atoms with Gasteiger partial charge >= 0.3 is 0 Å². The van der Waals surface area contributed by atoms with Gasteiger partial charge in [-0.1, -0.05) is 188 Å². The third kappa shape index (κ3) is 6.77. The zero-order chi connectivity index (χ0) is 49.3. The summed E-state index contributed by atoms with van der Waals surface area (Å²) in [5.74, 6) is 0. The first-order valence-electron chi connectivity index (χ1n) is 25.0. The Labute approximate surface area is 352 Å². The molecule has 1 nitrogen and oxygen atoms in total. The summed E-state index contributed by atoms with van der Waals surface area (Å²) in [5, 5.41) is 3.96. The van der Waals surface area contributed by atoms with Gasteiger partial charge in [-0.3, -0.25) is 0 Å². The molecule has 0 bridgehead atoms. The van der Waals surface area contributed by atoms with E-state index in [1.54, 1.807) is 30.3 Å². The molecule has 0 amide bonds. The Balaban J connectivity index is 1.19. The molecule has 0 spiro atoms. The lowest BCUT2D eigenvalue weighted by Gasteiger charge is -2.26. The Morgan fingerprint density at radius 1 is 0.298 bits per heavy atom. The molecule has 0 N–H and O–H groups in total. The topological polar surface area (TPSA) is 3.24 Å². The second-order valence-corrected chi connectivity index (χ2v) is 13.5. The zero-order valence-corrected chi connectivity index (χ0v) is 30.5. The van der Waals surface area contributed by atoms with Crippen molar-refractivity contribution in [2.45, 2.75) is 0 Å². The van der Waals surface area contributed by atoms with E-state index in [-0.39, 0.29) is 16.9 Å². The van der Waals surface area contributed by atoms with Crippen LogP contribution in [0.1, 0.15) is 17.8 Å². The number of nitrogens with zero attached hydrogens (tertiary/aromatic N) is 1. The van der Waals surface area contributed by atoms with Gasteiger partial charge in [0.1, 0.15) is 0 Å². The highest BCUT2D eigenvalue weighted by molar-refractivity contribution is 6.04. The maximum Gasteiger partial charge on any atom is 0.0645 e. The molecule has 268 valence electrons. The van der Waals surface area contributed by atoms with Crippen molar-refractivity contribution >= 4 is 38.6 Å². The molecule has 0 aliphatic carbocycles. The smallest absolute Gasteiger partial charge is 0.0645 e. The van der Waals surface area contributed by atoms with Crippen LogP contribution in [0.3, 0.4) is 0 Å². The highest BCUT2D eigenvalue weighted by Gasteiger charge is 2.16. The van der Waals surface area contributed by atoms with E-state index in [1.165, 1.54) is 4.90 Å². The summed E-state index contributed by atoms with van der Waals surface area (Å²) in [4.78, 5) is 1.19. The largest absolute Gasteiger partial charge is 0.311 e. The van der Waals surface area contributed by atoms with E-state index >= 15 is 0 Å². The molecule has 10 aromatic rings. The molecule has 10 aromatic carbocycles. The second kappa shape index (κ2) is 15.0. The van der Waals surface area contributed by atoms with E-state index in [4.69, 9.17) is 6.85 Å². The van der Waals surface area contributed by atoms with E-state index < -0.39 is 95.4 Å². The first-order valence-corrected chi connectivity index (χ1v) is 18.5. The maximum atomic E-state index is 9.71. The third-order valence-corrected chi connectivity index (χ3v) is 10.1. The molecule has 1 heteroatoms. The first-order chi connectivity index (χ1) is 33.7. The van der Waals surface area contributed by atoms with Gasteiger partial charge in [0.2, 0.25) is 0 Å². The summed E-state index contributed by atoms with van der Waals surface area (Å²) in [7, 11) is 0. The van der Waals surface area contributed by atoms with Crippen LogP contribution in [0.5, 0.6) is 0 Å². The number of benzene rings is 10. The molecule has 10 rings (SSSR count). The lowest BCUT2D eigenvalue weighted by Crippen LogP contribution is -2.09. The van der Waals surface area contributed by atoms with E-state index in [1.807, 2.05) is 91.0 Å². The standard InChI is InChI=1S/C56H39N/c1-3-12-40(13-4-1)42-24-31-51(32-25-42)57(52-33-26-43(27-34-52)48-19-11-20-49(38-48)50-23-22-41-14-7-8-18-47(41)39-50)53-35-28-45(29-36-53)55-37-30-44-15-9-10-21-54(44)56(55)46-16-5-2-6-17-46/h1-39H/i1D,3D,4D,12D,13D,24D,25D,28D,29D,31D,32D,35D,36D. The van der Waals surface area contributed by atoms with Gasteiger partial charge < -0.3 is 4.90 Å². The van der Waals surface area contributed by atoms with Crippen molar-refractivity contribution in [3.05, 3.63) is 236 Å². The number of hydrogen-bond acceptors (Lipinski definition) is 1. The number of hydrogen-bond donors (Lipinski definition) is 0. The van der Waals surface area contributed by atoms with Crippen molar-refractivity contribution in [3.63, 3.8) is 0 Å². The first kappa shape index (κ1) is 22.8. The van der Waals surface area contributed by atoms with Crippen LogP contribution in [0, 0.1) is 0 Å². The number of rotatable bonds is 8. The minimum absolute atomic E-state index is 0.0149. The quantitative estimate of drug-likeness (QED) is 0.150. The Morgan fingerprint density at radius 3 is 1.58 bits per heavy atom. The van der Waals surface area contributed by atoms with Crippen LogP contribution in [0.15, 0.2) is 236 Å². The Morgan fingerprint density at radius 2 is 0.842 bits per heavy atom. The highest BCUT2D eigenvalue weighted by atomic mass is 15.1. The van der Waals surface area contributed by atoms with Gasteiger partial charge in [0.25, 0.3) is 0 Å². The van der Waals surface area contributed by atoms with Crippen molar-refractivity contribution in [2.24, 2.45) is 0 Å². The van der Waals surface area contributed by atoms with Gasteiger partial charge in [0.15, 0.2) is 0 Å². The Hall–Kier alpha value is -7.48. The van der Waals surface area contributed by atoms with Gasteiger partial charge in [-0.05, 0) is 126 Å². The molecular weight excluding hydrogens is 687 g/mol. The molecule has 0 radical (unpaired) electrons. The molecular formula is C56H39N. The molecule has 0 fully saturated rings. The van der Waals surface area contributed by atoms with Crippen LogP contribution < -0.4 is 4.90 Å². The van der Waals surface area contributed by atoms with E-state index in [0.29, 0.717) is 11.1 Å². The summed E-state index contributed by atoms with van der Waals surface area (Å²) in [6.07, 6.45) is 0. The molecule has 57 heavy (non-hydrogen) atoms. The van der Waals surface area contributed by atoms with Gasteiger partial charge in [-0.15, -0.1) is 0 Å². The van der Waals surface area contributed by atoms with Gasteiger partial charge in [0.05, 0.1) is 17.8 Å². The van der Waals surface area contributed by atoms with Crippen molar-refractivity contribution in [1.82, 2.24) is 0 Å². The van der Waals surface area contributed by atoms with Crippen LogP contribution in [0.4, 0.5) is 17.1 Å². The van der Waals surface area contributed by atoms with Gasteiger partial charge in [-0.25, -0.2) is 0 Å². The minimum atomic E-state index is -0.739. The SMILES string of the molecule is [2H]c1c([2H])c([2H])c(-c2c([2H])c([2H])c(N(c3ccc(-c4cccc(-c5ccc6ccccc6c5)c4)cc3)c3c([2H])c([2H])c(-c4ccc5ccccc5c4-c4ccccc4)c([2H])c3[2H])c([2H])c2[2H])c([2H])c1[2H]. The van der Waals surface area contributed by atoms with Crippen molar-refractivity contribution in [2.75, 3.05) is 4.90 Å². The molecule has 0 aromatic heterocycles. The molecule has 0 atom stereocenters. The van der Waals surface area contributed by atoms with E-state index in [0.717, 1.165) is 49.4 Å². The average molecular weight is 739 g/mol. The summed E-state index contributed by atoms with van der Waals surface area (Å²) >= 11 is 0. The molecule has 0 unspecified atom stereocenters. The lowest BCUT2D eigenvalue weighted by molar-refractivity contribution is 1.28. The van der Waals surface area contributed by atoms with Crippen molar-refractivity contribution in [3.8, 4) is 55.6 Å². The fourth-order valence-corrected chi connectivity index (χ4v) is 7.29. The number of anilines is 3. The van der Waals surface area contributed by atoms with Crippen LogP contribution in [-0.2, 0) is 0 Å². The predicted molar refractivity (Wildman–Crippen MR) is 243 cm³/mol. The van der Waals surface area contributed by atoms with Crippen LogP contribution in [-0.4, -0.2) is 0 Å². The monoisotopic (exact) mass is 738 g/mol. The Bertz CT molecular complexity index is 3670. The predicted octanol–water partition coefficient (Wildman–Crippen LogP) is 15.8. The summed E-state index contributed by atoms with van der Waals surface area (Å²) in [5.41, 5.74) is 3.90. The second-order valence-electron chi connectivity index (χ2n) is 13.5. The van der Waals surface area contributed by atoms with Gasteiger partial charge in [0, 0.05) is 17.1 Å². The van der Waals surface area contributed by atoms with E-state index in [9.17, 15) is 11.0 Å². The van der Waals surface area contributed by atoms with Crippen molar-refractivity contribution in [1.29, 1.82) is 0 Å². The minimum Gasteiger partial charge on any atom is -0.311 e. The van der Waals surface area contributed by atoms with Crippen LogP contribution >= 0.6 is 0 Å². The summed E-state index contributed by atoms with van der Waals surface area (Å²) < 4.78 is 118. The zero-order valence-electron chi connectivity index (χ0n) is 43.5. The lowest BCUT2D eigenvalue weighted by atomic mass is 9.90. The van der Waals surface area contributed by atoms with Crippen molar-refractivity contribution < 1.29 is 17.8 Å². The normalized spacial score (nSPS) is 14.4. The molecule has 0 aliphatic heterocycles. The van der Waals surface area contributed by atoms with E-state index in [2.05, 4.69) is 36.4 Å². The Kier molecular flexibility index (Phi) is 5.99. The maximum absolute atomic E-state index is 9.71. The number of fused-ring (bicyclic) bond motifs is 2. The fourth-order valence-electron chi connectivity index (χ4n) is 7.29. The third-order valence-electron chi connectivity index (χ3n) is 10.1. The summed E-state index contributed by atoms with van der Waals surface area (Å²) in [6, 6.07) is 41.7. The average Bonchev–Trinajstić information content (AvgIpc) is 3.39. The van der Waals surface area contributed by atoms with Crippen LogP contribution in [0.2, 0.25) is 0 Å². The molecule has 0 saturated carbocycles. The molecule has 0 aliphatic rings. The van der Waals surface area contributed by atoms with Gasteiger partial charge in [-0.2, -0.15) is 0 Å². The fraction of sp³-hybridized carbons (Fsp3) is 0. The summed E-state index contributed by atoms with van der Waals surface area (Å²) in [6.45, 7) is 0. The highest BCUT2D eigenvalue weighted by Crippen LogP contribution is 2.41. The van der Waals surface area contributed by atoms with Crippen LogP contribution in [0.25, 0.3) is 77.2 Å². The molecule has 0 heterocycles. The molecule has 0 saturated heterocycles.